The summed E-state index contributed by atoms with van der Waals surface area (Å²) in [4.78, 5) is 31.2. The molecule has 1 aromatic heterocycles. The van der Waals surface area contributed by atoms with E-state index in [4.69, 9.17) is 9.26 Å². The predicted octanol–water partition coefficient (Wildman–Crippen LogP) is 1.97. The van der Waals surface area contributed by atoms with Crippen LogP contribution in [0.2, 0.25) is 0 Å². The van der Waals surface area contributed by atoms with Gasteiger partial charge in [-0.15, -0.1) is 0 Å². The van der Waals surface area contributed by atoms with Crippen molar-refractivity contribution in [3.63, 3.8) is 0 Å². The quantitative estimate of drug-likeness (QED) is 0.844. The smallest absolute Gasteiger partial charge is 0.255 e. The molecule has 2 amide bonds. The van der Waals surface area contributed by atoms with Crippen molar-refractivity contribution >= 4 is 11.8 Å². The molecule has 0 aromatic carbocycles. The van der Waals surface area contributed by atoms with Crippen LogP contribution in [0.5, 0.6) is 0 Å². The Morgan fingerprint density at radius 2 is 1.81 bits per heavy atom. The monoisotopic (exact) mass is 376 g/mol. The molecule has 1 aromatic rings. The van der Waals surface area contributed by atoms with Crippen LogP contribution in [0.3, 0.4) is 0 Å². The third-order valence-corrected chi connectivity index (χ3v) is 5.99. The SMILES string of the molecule is O=C(NCc1noc(C2CCCO2)n1)C1CCN(C(=O)C2CCCC2)CC1. The number of hydrogen-bond donors (Lipinski definition) is 1. The Morgan fingerprint density at radius 1 is 1.04 bits per heavy atom. The second kappa shape index (κ2) is 8.37. The van der Waals surface area contributed by atoms with Crippen LogP contribution in [0.1, 0.15) is 69.2 Å². The predicted molar refractivity (Wildman–Crippen MR) is 95.3 cm³/mol. The van der Waals surface area contributed by atoms with Gasteiger partial charge in [-0.05, 0) is 38.5 Å². The summed E-state index contributed by atoms with van der Waals surface area (Å²) in [6.45, 7) is 2.34. The Balaban J connectivity index is 1.21. The molecule has 3 heterocycles. The van der Waals surface area contributed by atoms with Crippen molar-refractivity contribution < 1.29 is 18.8 Å². The van der Waals surface area contributed by atoms with Crippen molar-refractivity contribution in [3.8, 4) is 0 Å². The lowest BCUT2D eigenvalue weighted by Crippen LogP contribution is -2.44. The first-order valence-corrected chi connectivity index (χ1v) is 10.2. The Kier molecular flexibility index (Phi) is 5.71. The maximum Gasteiger partial charge on any atom is 0.255 e. The largest absolute Gasteiger partial charge is 0.368 e. The van der Waals surface area contributed by atoms with Gasteiger partial charge in [0.25, 0.3) is 5.89 Å². The van der Waals surface area contributed by atoms with Crippen LogP contribution in [0.15, 0.2) is 4.52 Å². The normalized spacial score (nSPS) is 24.4. The van der Waals surface area contributed by atoms with Gasteiger partial charge in [0.2, 0.25) is 11.8 Å². The number of carbonyl (C=O) groups is 2. The summed E-state index contributed by atoms with van der Waals surface area (Å²) in [5.74, 6) is 1.43. The van der Waals surface area contributed by atoms with Crippen molar-refractivity contribution in [2.75, 3.05) is 19.7 Å². The molecule has 0 spiro atoms. The molecule has 1 aliphatic carbocycles. The summed E-state index contributed by atoms with van der Waals surface area (Å²) in [6, 6.07) is 0. The minimum Gasteiger partial charge on any atom is -0.368 e. The highest BCUT2D eigenvalue weighted by atomic mass is 16.5. The van der Waals surface area contributed by atoms with Gasteiger partial charge >= 0.3 is 0 Å². The topological polar surface area (TPSA) is 97.6 Å². The van der Waals surface area contributed by atoms with E-state index < -0.39 is 0 Å². The zero-order valence-corrected chi connectivity index (χ0v) is 15.7. The third-order valence-electron chi connectivity index (χ3n) is 5.99. The minimum atomic E-state index is -0.108. The average Bonchev–Trinajstić information content (AvgIpc) is 3.47. The lowest BCUT2D eigenvalue weighted by Gasteiger charge is -2.33. The van der Waals surface area contributed by atoms with E-state index >= 15 is 0 Å². The Morgan fingerprint density at radius 3 is 2.52 bits per heavy atom. The highest BCUT2D eigenvalue weighted by molar-refractivity contribution is 5.81. The lowest BCUT2D eigenvalue weighted by atomic mass is 9.94. The third kappa shape index (κ3) is 4.31. The van der Waals surface area contributed by atoms with Crippen molar-refractivity contribution in [2.45, 2.75) is 64.0 Å². The molecule has 1 N–H and O–H groups in total. The van der Waals surface area contributed by atoms with E-state index in [1.54, 1.807) is 0 Å². The molecule has 8 heteroatoms. The Bertz CT molecular complexity index is 656. The number of rotatable bonds is 5. The highest BCUT2D eigenvalue weighted by Crippen LogP contribution is 2.29. The molecule has 4 rings (SSSR count). The molecule has 0 bridgehead atoms. The molecule has 0 radical (unpaired) electrons. The van der Waals surface area contributed by atoms with Crippen molar-refractivity contribution in [3.05, 3.63) is 11.7 Å². The molecular weight excluding hydrogens is 348 g/mol. The van der Waals surface area contributed by atoms with E-state index in [9.17, 15) is 9.59 Å². The van der Waals surface area contributed by atoms with Gasteiger partial charge in [-0.1, -0.05) is 18.0 Å². The zero-order chi connectivity index (χ0) is 18.6. The van der Waals surface area contributed by atoms with Crippen LogP contribution >= 0.6 is 0 Å². The highest BCUT2D eigenvalue weighted by Gasteiger charge is 2.32. The molecule has 2 aliphatic heterocycles. The summed E-state index contributed by atoms with van der Waals surface area (Å²) in [7, 11) is 0. The number of piperidine rings is 1. The molecule has 1 atom stereocenters. The zero-order valence-electron chi connectivity index (χ0n) is 15.7. The van der Waals surface area contributed by atoms with Gasteiger partial charge < -0.3 is 19.5 Å². The molecule has 2 saturated heterocycles. The van der Waals surface area contributed by atoms with Crippen LogP contribution in [0, 0.1) is 11.8 Å². The maximum atomic E-state index is 12.5. The second-order valence-electron chi connectivity index (χ2n) is 7.85. The molecule has 3 aliphatic rings. The lowest BCUT2D eigenvalue weighted by molar-refractivity contribution is -0.139. The fraction of sp³-hybridized carbons (Fsp3) is 0.789. The fourth-order valence-electron chi connectivity index (χ4n) is 4.35. The van der Waals surface area contributed by atoms with E-state index in [0.717, 1.165) is 45.1 Å². The van der Waals surface area contributed by atoms with Crippen molar-refractivity contribution in [1.82, 2.24) is 20.4 Å². The van der Waals surface area contributed by atoms with Gasteiger partial charge in [0.15, 0.2) is 5.82 Å². The van der Waals surface area contributed by atoms with Crippen molar-refractivity contribution in [1.29, 1.82) is 0 Å². The average molecular weight is 376 g/mol. The summed E-state index contributed by atoms with van der Waals surface area (Å²) in [5, 5.41) is 6.83. The van der Waals surface area contributed by atoms with Gasteiger partial charge in [-0.3, -0.25) is 9.59 Å². The van der Waals surface area contributed by atoms with Crippen molar-refractivity contribution in [2.24, 2.45) is 11.8 Å². The number of hydrogen-bond acceptors (Lipinski definition) is 6. The van der Waals surface area contributed by atoms with Gasteiger partial charge in [0.05, 0.1) is 6.54 Å². The number of carbonyl (C=O) groups excluding carboxylic acids is 2. The van der Waals surface area contributed by atoms with Gasteiger partial charge in [0.1, 0.15) is 6.10 Å². The number of likely N-dealkylation sites (tertiary alicyclic amines) is 1. The van der Waals surface area contributed by atoms with E-state index in [-0.39, 0.29) is 30.4 Å². The molecule has 1 saturated carbocycles. The van der Waals surface area contributed by atoms with Crippen LogP contribution < -0.4 is 5.32 Å². The summed E-state index contributed by atoms with van der Waals surface area (Å²) >= 11 is 0. The first-order valence-electron chi connectivity index (χ1n) is 10.2. The molecular formula is C19H28N4O4. The molecule has 27 heavy (non-hydrogen) atoms. The number of aromatic nitrogens is 2. The number of nitrogens with one attached hydrogen (secondary N) is 1. The van der Waals surface area contributed by atoms with E-state index in [2.05, 4.69) is 15.5 Å². The molecule has 8 nitrogen and oxygen atoms in total. The summed E-state index contributed by atoms with van der Waals surface area (Å²) in [5.41, 5.74) is 0. The van der Waals surface area contributed by atoms with E-state index in [0.29, 0.717) is 30.7 Å². The molecule has 3 fully saturated rings. The Hall–Kier alpha value is -1.96. The standard InChI is InChI=1S/C19H28N4O4/c24-17(20-12-16-21-18(27-22-16)15-6-3-11-26-15)13-7-9-23(10-8-13)19(25)14-4-1-2-5-14/h13-15H,1-12H2,(H,20,24). The van der Waals surface area contributed by atoms with Crippen LogP contribution in [0.4, 0.5) is 0 Å². The van der Waals surface area contributed by atoms with Gasteiger partial charge in [0, 0.05) is 31.5 Å². The summed E-state index contributed by atoms with van der Waals surface area (Å²) < 4.78 is 10.8. The van der Waals surface area contributed by atoms with Gasteiger partial charge in [-0.25, -0.2) is 0 Å². The maximum absolute atomic E-state index is 12.5. The van der Waals surface area contributed by atoms with Gasteiger partial charge in [-0.2, -0.15) is 4.98 Å². The number of amides is 2. The van der Waals surface area contributed by atoms with E-state index in [1.807, 2.05) is 4.90 Å². The second-order valence-corrected chi connectivity index (χ2v) is 7.85. The summed E-state index contributed by atoms with van der Waals surface area (Å²) in [6.07, 6.45) is 7.61. The number of ether oxygens (including phenoxy) is 1. The van der Waals surface area contributed by atoms with Crippen LogP contribution in [-0.4, -0.2) is 46.6 Å². The molecule has 148 valence electrons. The van der Waals surface area contributed by atoms with Crippen LogP contribution in [-0.2, 0) is 20.9 Å². The Labute approximate surface area is 159 Å². The first kappa shape index (κ1) is 18.4. The minimum absolute atomic E-state index is 0.00596. The fourth-order valence-corrected chi connectivity index (χ4v) is 4.35. The molecule has 1 unspecified atom stereocenters. The van der Waals surface area contributed by atoms with E-state index in [1.165, 1.54) is 12.8 Å². The first-order chi connectivity index (χ1) is 13.2. The van der Waals surface area contributed by atoms with Crippen LogP contribution in [0.25, 0.3) is 0 Å². The number of nitrogens with zero attached hydrogens (tertiary/aromatic N) is 3.